The number of fused-ring (bicyclic) bond motifs is 2. The zero-order valence-corrected chi connectivity index (χ0v) is 15.9. The van der Waals surface area contributed by atoms with Crippen LogP contribution in [-0.2, 0) is 11.3 Å². The van der Waals surface area contributed by atoms with Gasteiger partial charge in [-0.2, -0.15) is 5.26 Å². The van der Waals surface area contributed by atoms with E-state index in [0.29, 0.717) is 17.7 Å². The molecule has 0 aliphatic carbocycles. The van der Waals surface area contributed by atoms with Crippen LogP contribution in [0, 0.1) is 18.3 Å². The first-order valence-corrected chi connectivity index (χ1v) is 9.09. The minimum absolute atomic E-state index is 0.370. The molecule has 0 N–H and O–H groups in total. The summed E-state index contributed by atoms with van der Waals surface area (Å²) >= 11 is 1.55. The van der Waals surface area contributed by atoms with Crippen molar-refractivity contribution in [3.63, 3.8) is 0 Å². The Hall–Kier alpha value is -3.08. The highest BCUT2D eigenvalue weighted by Crippen LogP contribution is 2.37. The van der Waals surface area contributed by atoms with Crippen molar-refractivity contribution >= 4 is 32.6 Å². The van der Waals surface area contributed by atoms with Crippen LogP contribution in [0.4, 0.5) is 0 Å². The van der Waals surface area contributed by atoms with Crippen LogP contribution in [0.3, 0.4) is 0 Å². The van der Waals surface area contributed by atoms with Gasteiger partial charge in [0.2, 0.25) is 0 Å². The van der Waals surface area contributed by atoms with Gasteiger partial charge in [0.05, 0.1) is 58.5 Å². The number of benzene rings is 2. The van der Waals surface area contributed by atoms with Crippen LogP contribution in [0.25, 0.3) is 31.8 Å². The minimum Gasteiger partial charge on any atom is -0.497 e. The molecule has 0 bridgehead atoms. The number of aryl methyl sites for hydroxylation is 1. The molecular weight excluding hydrogens is 360 g/mol. The van der Waals surface area contributed by atoms with Gasteiger partial charge in [-0.25, -0.2) is 9.97 Å². The first-order chi connectivity index (χ1) is 13.1. The van der Waals surface area contributed by atoms with Gasteiger partial charge >= 0.3 is 0 Å². The Morgan fingerprint density at radius 3 is 2.70 bits per heavy atom. The van der Waals surface area contributed by atoms with Gasteiger partial charge in [-0.05, 0) is 36.8 Å². The molecule has 0 amide bonds. The molecule has 0 aliphatic heterocycles. The average Bonchev–Trinajstić information content (AvgIpc) is 3.11. The Balaban J connectivity index is 1.96. The van der Waals surface area contributed by atoms with Crippen LogP contribution in [0.5, 0.6) is 5.75 Å². The van der Waals surface area contributed by atoms with Crippen molar-refractivity contribution in [3.8, 4) is 22.4 Å². The lowest BCUT2D eigenvalue weighted by molar-refractivity contribution is 0.181. The molecule has 0 unspecified atom stereocenters. The van der Waals surface area contributed by atoms with Crippen molar-refractivity contribution in [2.75, 3.05) is 14.2 Å². The molecule has 0 aliphatic rings. The van der Waals surface area contributed by atoms with Gasteiger partial charge in [0, 0.05) is 12.7 Å². The number of thiazole rings is 1. The zero-order valence-electron chi connectivity index (χ0n) is 15.1. The summed E-state index contributed by atoms with van der Waals surface area (Å²) in [5.41, 5.74) is 5.40. The Morgan fingerprint density at radius 2 is 1.96 bits per heavy atom. The SMILES string of the molecule is COCc1cnc2c(-c3nc4c(C)cc(OC)cc4s3)cc(C#N)cc2n1. The predicted octanol–water partition coefficient (Wildman–Crippen LogP) is 4.24. The van der Waals surface area contributed by atoms with E-state index in [1.807, 2.05) is 25.1 Å². The molecule has 0 saturated heterocycles. The Bertz CT molecular complexity index is 1210. The number of nitriles is 1. The predicted molar refractivity (Wildman–Crippen MR) is 105 cm³/mol. The maximum Gasteiger partial charge on any atom is 0.126 e. The minimum atomic E-state index is 0.370. The highest BCUT2D eigenvalue weighted by atomic mass is 32.1. The maximum absolute atomic E-state index is 9.44. The second-order valence-electron chi connectivity index (χ2n) is 6.11. The van der Waals surface area contributed by atoms with Crippen LogP contribution in [0.2, 0.25) is 0 Å². The van der Waals surface area contributed by atoms with Gasteiger partial charge in [-0.3, -0.25) is 4.98 Å². The molecular formula is C20H16N4O2S. The Labute approximate surface area is 160 Å². The number of nitrogens with zero attached hydrogens (tertiary/aromatic N) is 4. The van der Waals surface area contributed by atoms with Crippen LogP contribution >= 0.6 is 11.3 Å². The van der Waals surface area contributed by atoms with E-state index in [0.717, 1.165) is 43.3 Å². The summed E-state index contributed by atoms with van der Waals surface area (Å²) in [7, 11) is 3.26. The van der Waals surface area contributed by atoms with Crippen molar-refractivity contribution in [1.82, 2.24) is 15.0 Å². The second-order valence-corrected chi connectivity index (χ2v) is 7.14. The van der Waals surface area contributed by atoms with Crippen molar-refractivity contribution in [1.29, 1.82) is 5.26 Å². The number of methoxy groups -OCH3 is 2. The summed E-state index contributed by atoms with van der Waals surface area (Å²) in [4.78, 5) is 13.9. The molecule has 2 aromatic carbocycles. The van der Waals surface area contributed by atoms with Gasteiger partial charge in [-0.1, -0.05) is 0 Å². The summed E-state index contributed by atoms with van der Waals surface area (Å²) in [6, 6.07) is 9.70. The standard InChI is InChI=1S/C20H16N4O2S/c1-11-4-14(26-3)7-17-18(11)24-20(27-17)15-5-12(8-21)6-16-19(15)22-9-13(23-16)10-25-2/h4-7,9H,10H2,1-3H3. The van der Waals surface area contributed by atoms with Gasteiger partial charge < -0.3 is 9.47 Å². The first kappa shape index (κ1) is 17.3. The fourth-order valence-electron chi connectivity index (χ4n) is 3.01. The van der Waals surface area contributed by atoms with E-state index < -0.39 is 0 Å². The average molecular weight is 376 g/mol. The molecule has 0 radical (unpaired) electrons. The molecule has 7 heteroatoms. The lowest BCUT2D eigenvalue weighted by Crippen LogP contribution is -1.96. The number of aromatic nitrogens is 3. The normalized spacial score (nSPS) is 11.0. The monoisotopic (exact) mass is 376 g/mol. The number of hydrogen-bond donors (Lipinski definition) is 0. The van der Waals surface area contributed by atoms with E-state index in [4.69, 9.17) is 14.5 Å². The fraction of sp³-hybridized carbons (Fsp3) is 0.200. The van der Waals surface area contributed by atoms with Crippen molar-refractivity contribution in [2.24, 2.45) is 0 Å². The first-order valence-electron chi connectivity index (χ1n) is 8.27. The topological polar surface area (TPSA) is 80.9 Å². The molecule has 134 valence electrons. The van der Waals surface area contributed by atoms with Crippen LogP contribution in [0.1, 0.15) is 16.8 Å². The highest BCUT2D eigenvalue weighted by Gasteiger charge is 2.15. The molecule has 0 saturated carbocycles. The quantitative estimate of drug-likeness (QED) is 0.530. The Morgan fingerprint density at radius 1 is 1.11 bits per heavy atom. The molecule has 6 nitrogen and oxygen atoms in total. The number of hydrogen-bond acceptors (Lipinski definition) is 7. The van der Waals surface area contributed by atoms with E-state index >= 15 is 0 Å². The fourth-order valence-corrected chi connectivity index (χ4v) is 4.09. The van der Waals surface area contributed by atoms with Gasteiger partial charge in [0.15, 0.2) is 0 Å². The highest BCUT2D eigenvalue weighted by molar-refractivity contribution is 7.21. The molecule has 27 heavy (non-hydrogen) atoms. The largest absolute Gasteiger partial charge is 0.497 e. The molecule has 0 fully saturated rings. The third kappa shape index (κ3) is 3.10. The van der Waals surface area contributed by atoms with Crippen molar-refractivity contribution in [2.45, 2.75) is 13.5 Å². The van der Waals surface area contributed by atoms with Crippen LogP contribution in [-0.4, -0.2) is 29.2 Å². The van der Waals surface area contributed by atoms with Crippen molar-refractivity contribution in [3.05, 3.63) is 47.3 Å². The molecule has 4 rings (SSSR count). The van der Waals surface area contributed by atoms with E-state index in [9.17, 15) is 5.26 Å². The third-order valence-electron chi connectivity index (χ3n) is 4.24. The smallest absolute Gasteiger partial charge is 0.126 e. The molecule has 0 spiro atoms. The van der Waals surface area contributed by atoms with Crippen LogP contribution in [0.15, 0.2) is 30.5 Å². The molecule has 4 aromatic rings. The van der Waals surface area contributed by atoms with Gasteiger partial charge in [0.1, 0.15) is 10.8 Å². The third-order valence-corrected chi connectivity index (χ3v) is 5.28. The van der Waals surface area contributed by atoms with E-state index in [1.54, 1.807) is 37.8 Å². The summed E-state index contributed by atoms with van der Waals surface area (Å²) in [5.74, 6) is 0.801. The molecule has 2 heterocycles. The lowest BCUT2D eigenvalue weighted by Gasteiger charge is -2.06. The number of ether oxygens (including phenoxy) is 2. The van der Waals surface area contributed by atoms with Crippen LogP contribution < -0.4 is 4.74 Å². The van der Waals surface area contributed by atoms with Crippen molar-refractivity contribution < 1.29 is 9.47 Å². The van der Waals surface area contributed by atoms with E-state index in [2.05, 4.69) is 16.0 Å². The summed E-state index contributed by atoms with van der Waals surface area (Å²) in [5, 5.41) is 10.2. The lowest BCUT2D eigenvalue weighted by atomic mass is 10.1. The summed E-state index contributed by atoms with van der Waals surface area (Å²) < 4.78 is 11.5. The maximum atomic E-state index is 9.44. The Kier molecular flexibility index (Phi) is 4.44. The van der Waals surface area contributed by atoms with E-state index in [-0.39, 0.29) is 0 Å². The molecule has 2 aromatic heterocycles. The molecule has 0 atom stereocenters. The number of rotatable bonds is 4. The van der Waals surface area contributed by atoms with Gasteiger partial charge in [-0.15, -0.1) is 11.3 Å². The summed E-state index contributed by atoms with van der Waals surface area (Å²) in [6.45, 7) is 2.38. The van der Waals surface area contributed by atoms with E-state index in [1.165, 1.54) is 0 Å². The summed E-state index contributed by atoms with van der Waals surface area (Å²) in [6.07, 6.45) is 1.70. The second kappa shape index (κ2) is 6.91. The zero-order chi connectivity index (χ0) is 19.0. The van der Waals surface area contributed by atoms with Gasteiger partial charge in [0.25, 0.3) is 0 Å².